The third kappa shape index (κ3) is 1.46. The van der Waals surface area contributed by atoms with Gasteiger partial charge in [-0.3, -0.25) is 4.79 Å². The molecular weight excluding hydrogens is 202 g/mol. The molecule has 0 bridgehead atoms. The molecule has 0 amide bonds. The van der Waals surface area contributed by atoms with Crippen LogP contribution in [0.4, 0.5) is 11.4 Å². The third-order valence-corrected chi connectivity index (χ3v) is 2.91. The Morgan fingerprint density at radius 3 is 2.56 bits per heavy atom. The third-order valence-electron chi connectivity index (χ3n) is 2.91. The van der Waals surface area contributed by atoms with Gasteiger partial charge in [0.1, 0.15) is 0 Å². The van der Waals surface area contributed by atoms with Gasteiger partial charge in [0.15, 0.2) is 5.78 Å². The summed E-state index contributed by atoms with van der Waals surface area (Å²) in [6.07, 6.45) is 1.50. The summed E-state index contributed by atoms with van der Waals surface area (Å²) in [5.74, 6) is 0.264. The second-order valence-corrected chi connectivity index (χ2v) is 3.77. The lowest BCUT2D eigenvalue weighted by atomic mass is 10.0. The summed E-state index contributed by atoms with van der Waals surface area (Å²) >= 11 is 0. The van der Waals surface area contributed by atoms with Crippen LogP contribution in [-0.2, 0) is 6.42 Å². The summed E-state index contributed by atoms with van der Waals surface area (Å²) in [7, 11) is 0. The lowest BCUT2D eigenvalue weighted by Crippen LogP contribution is -2.19. The monoisotopic (exact) mass is 219 g/mol. The standard InChI is InChI=1S/C10H11N3O.C2H6/c1-5-4-7-6(2-3-8(7)14)10-9(5)11-13-12-10;1-2/h4,11-13H,2-3H2,1H3;1-2H3. The molecule has 0 fully saturated rings. The number of carbonyl (C=O) groups is 1. The number of aryl methyl sites for hydroxylation is 1. The van der Waals surface area contributed by atoms with Crippen LogP contribution in [0.2, 0.25) is 0 Å². The van der Waals surface area contributed by atoms with Crippen molar-refractivity contribution in [1.29, 1.82) is 0 Å². The lowest BCUT2D eigenvalue weighted by molar-refractivity contribution is 0.0994. The van der Waals surface area contributed by atoms with Crippen molar-refractivity contribution in [3.8, 4) is 0 Å². The Balaban J connectivity index is 0.000000457. The number of hydrazine groups is 2. The second kappa shape index (κ2) is 4.14. The van der Waals surface area contributed by atoms with Gasteiger partial charge in [0.05, 0.1) is 11.4 Å². The molecule has 3 rings (SSSR count). The van der Waals surface area contributed by atoms with Crippen LogP contribution in [0.15, 0.2) is 6.07 Å². The van der Waals surface area contributed by atoms with E-state index in [2.05, 4.69) is 16.4 Å². The van der Waals surface area contributed by atoms with Crippen LogP contribution in [-0.4, -0.2) is 5.78 Å². The first kappa shape index (κ1) is 11.0. The molecule has 0 radical (unpaired) electrons. The molecule has 1 heterocycles. The number of nitrogens with one attached hydrogen (secondary N) is 3. The molecule has 0 aromatic heterocycles. The van der Waals surface area contributed by atoms with Gasteiger partial charge in [-0.1, -0.05) is 13.8 Å². The van der Waals surface area contributed by atoms with E-state index in [1.54, 1.807) is 0 Å². The normalized spacial score (nSPS) is 15.6. The number of hydrogen-bond donors (Lipinski definition) is 3. The lowest BCUT2D eigenvalue weighted by Gasteiger charge is -2.07. The van der Waals surface area contributed by atoms with E-state index in [0.717, 1.165) is 34.5 Å². The minimum absolute atomic E-state index is 0.264. The zero-order valence-electron chi connectivity index (χ0n) is 9.90. The van der Waals surface area contributed by atoms with E-state index in [-0.39, 0.29) is 5.78 Å². The highest BCUT2D eigenvalue weighted by molar-refractivity contribution is 6.04. The fraction of sp³-hybridized carbons (Fsp3) is 0.417. The summed E-state index contributed by atoms with van der Waals surface area (Å²) < 4.78 is 0. The fourth-order valence-electron chi connectivity index (χ4n) is 2.20. The van der Waals surface area contributed by atoms with Crippen LogP contribution < -0.4 is 16.4 Å². The van der Waals surface area contributed by atoms with Crippen molar-refractivity contribution in [3.63, 3.8) is 0 Å². The Morgan fingerprint density at radius 1 is 1.12 bits per heavy atom. The summed E-state index contributed by atoms with van der Waals surface area (Å²) in [6.45, 7) is 6.01. The van der Waals surface area contributed by atoms with Crippen molar-refractivity contribution in [2.45, 2.75) is 33.6 Å². The average Bonchev–Trinajstić information content (AvgIpc) is 2.90. The average molecular weight is 219 g/mol. The molecule has 2 aliphatic rings. The molecule has 4 heteroatoms. The van der Waals surface area contributed by atoms with Crippen molar-refractivity contribution in [1.82, 2.24) is 5.53 Å². The van der Waals surface area contributed by atoms with Crippen molar-refractivity contribution < 1.29 is 4.79 Å². The Labute approximate surface area is 95.4 Å². The highest BCUT2D eigenvalue weighted by atomic mass is 16.1. The van der Waals surface area contributed by atoms with Gasteiger partial charge in [-0.25, -0.2) is 0 Å². The van der Waals surface area contributed by atoms with Gasteiger partial charge in [-0.05, 0) is 30.5 Å². The molecule has 1 aliphatic heterocycles. The van der Waals surface area contributed by atoms with Crippen LogP contribution in [0.5, 0.6) is 0 Å². The zero-order valence-corrected chi connectivity index (χ0v) is 9.90. The zero-order chi connectivity index (χ0) is 11.7. The number of fused-ring (bicyclic) bond motifs is 3. The Kier molecular flexibility index (Phi) is 2.83. The van der Waals surface area contributed by atoms with E-state index < -0.39 is 0 Å². The summed E-state index contributed by atoms with van der Waals surface area (Å²) in [5.41, 5.74) is 14.2. The largest absolute Gasteiger partial charge is 0.302 e. The predicted octanol–water partition coefficient (Wildman–Crippen LogP) is 2.41. The smallest absolute Gasteiger partial charge is 0.163 e. The molecule has 4 nitrogen and oxygen atoms in total. The number of carbonyl (C=O) groups excluding carboxylic acids is 1. The Hall–Kier alpha value is -1.55. The van der Waals surface area contributed by atoms with E-state index in [1.807, 2.05) is 26.8 Å². The Bertz CT molecular complexity index is 440. The number of anilines is 2. The first-order chi connectivity index (χ1) is 7.77. The maximum absolute atomic E-state index is 11.5. The molecule has 0 saturated heterocycles. The second-order valence-electron chi connectivity index (χ2n) is 3.77. The summed E-state index contributed by atoms with van der Waals surface area (Å²) in [5, 5.41) is 0. The quantitative estimate of drug-likeness (QED) is 0.627. The molecule has 0 saturated carbocycles. The van der Waals surface area contributed by atoms with Crippen LogP contribution >= 0.6 is 0 Å². The van der Waals surface area contributed by atoms with Crippen LogP contribution in [0, 0.1) is 6.92 Å². The van der Waals surface area contributed by atoms with E-state index in [9.17, 15) is 4.79 Å². The molecule has 0 spiro atoms. The van der Waals surface area contributed by atoms with Gasteiger partial charge in [0.2, 0.25) is 0 Å². The van der Waals surface area contributed by atoms with E-state index in [4.69, 9.17) is 0 Å². The maximum atomic E-state index is 11.5. The number of ketones is 1. The van der Waals surface area contributed by atoms with Crippen molar-refractivity contribution in [3.05, 3.63) is 22.8 Å². The SMILES string of the molecule is CC.Cc1cc2c(c3c1NNN3)CCC2=O. The van der Waals surface area contributed by atoms with Crippen LogP contribution in [0.3, 0.4) is 0 Å². The highest BCUT2D eigenvalue weighted by Crippen LogP contribution is 2.38. The Morgan fingerprint density at radius 2 is 1.81 bits per heavy atom. The van der Waals surface area contributed by atoms with E-state index in [0.29, 0.717) is 6.42 Å². The van der Waals surface area contributed by atoms with Gasteiger partial charge in [0.25, 0.3) is 0 Å². The van der Waals surface area contributed by atoms with Crippen molar-refractivity contribution in [2.75, 3.05) is 10.9 Å². The highest BCUT2D eigenvalue weighted by Gasteiger charge is 2.27. The molecule has 1 aliphatic carbocycles. The number of Topliss-reactive ketones (excluding diaryl/α,β-unsaturated/α-hetero) is 1. The van der Waals surface area contributed by atoms with Gasteiger partial charge < -0.3 is 10.9 Å². The molecule has 16 heavy (non-hydrogen) atoms. The molecular formula is C12H17N3O. The first-order valence-corrected chi connectivity index (χ1v) is 5.74. The van der Waals surface area contributed by atoms with E-state index >= 15 is 0 Å². The fourth-order valence-corrected chi connectivity index (χ4v) is 2.20. The number of hydrogen-bond acceptors (Lipinski definition) is 4. The van der Waals surface area contributed by atoms with Crippen LogP contribution in [0.25, 0.3) is 0 Å². The number of benzene rings is 1. The van der Waals surface area contributed by atoms with Crippen LogP contribution in [0.1, 0.15) is 41.8 Å². The van der Waals surface area contributed by atoms with E-state index in [1.165, 1.54) is 0 Å². The van der Waals surface area contributed by atoms with Gasteiger partial charge in [0, 0.05) is 12.0 Å². The van der Waals surface area contributed by atoms with Crippen molar-refractivity contribution >= 4 is 17.2 Å². The van der Waals surface area contributed by atoms with Crippen molar-refractivity contribution in [2.24, 2.45) is 0 Å². The first-order valence-electron chi connectivity index (χ1n) is 5.74. The topological polar surface area (TPSA) is 53.2 Å². The molecule has 3 N–H and O–H groups in total. The molecule has 86 valence electrons. The predicted molar refractivity (Wildman–Crippen MR) is 65.6 cm³/mol. The summed E-state index contributed by atoms with van der Waals surface area (Å²) in [6, 6.07) is 1.98. The minimum Gasteiger partial charge on any atom is -0.302 e. The van der Waals surface area contributed by atoms with Gasteiger partial charge in [-0.2, -0.15) is 0 Å². The molecule has 1 aromatic carbocycles. The van der Waals surface area contributed by atoms with Gasteiger partial charge in [-0.15, -0.1) is 5.53 Å². The minimum atomic E-state index is 0.264. The molecule has 1 aromatic rings. The molecule has 0 atom stereocenters. The molecule has 0 unspecified atom stereocenters. The number of rotatable bonds is 0. The summed E-state index contributed by atoms with van der Waals surface area (Å²) in [4.78, 5) is 11.5. The van der Waals surface area contributed by atoms with Gasteiger partial charge >= 0.3 is 0 Å². The maximum Gasteiger partial charge on any atom is 0.163 e.